The second-order valence-corrected chi connectivity index (χ2v) is 5.86. The van der Waals surface area contributed by atoms with Gasteiger partial charge >= 0.3 is 5.97 Å². The van der Waals surface area contributed by atoms with Crippen LogP contribution in [0.15, 0.2) is 42.7 Å². The highest BCUT2D eigenvalue weighted by Gasteiger charge is 2.18. The van der Waals surface area contributed by atoms with E-state index in [1.807, 2.05) is 25.1 Å². The molecular formula is C17H19NO2. The third-order valence-electron chi connectivity index (χ3n) is 3.12. The summed E-state index contributed by atoms with van der Waals surface area (Å²) < 4.78 is 5.28. The molecule has 0 fully saturated rings. The summed E-state index contributed by atoms with van der Waals surface area (Å²) in [5.74, 6) is 0.0941. The minimum absolute atomic E-state index is 0.0653. The highest BCUT2D eigenvalue weighted by atomic mass is 16.5. The Hall–Kier alpha value is -2.16. The maximum Gasteiger partial charge on any atom is 0.343 e. The van der Waals surface area contributed by atoms with Gasteiger partial charge in [-0.25, -0.2) is 4.79 Å². The Balaban J connectivity index is 2.22. The molecule has 104 valence electrons. The van der Waals surface area contributed by atoms with Gasteiger partial charge in [-0.2, -0.15) is 0 Å². The molecule has 3 heteroatoms. The molecule has 1 heterocycles. The number of aromatic nitrogens is 1. The minimum Gasteiger partial charge on any atom is -0.421 e. The van der Waals surface area contributed by atoms with Gasteiger partial charge in [0.1, 0.15) is 5.75 Å². The Morgan fingerprint density at radius 3 is 2.50 bits per heavy atom. The van der Waals surface area contributed by atoms with E-state index in [2.05, 4.69) is 25.8 Å². The number of hydrogen-bond donors (Lipinski definition) is 0. The zero-order valence-electron chi connectivity index (χ0n) is 12.3. The van der Waals surface area contributed by atoms with Gasteiger partial charge in [0, 0.05) is 6.20 Å². The number of nitrogens with zero attached hydrogens (tertiary/aromatic N) is 1. The average Bonchev–Trinajstić information content (AvgIpc) is 2.38. The largest absolute Gasteiger partial charge is 0.421 e. The number of hydrogen-bond acceptors (Lipinski definition) is 3. The van der Waals surface area contributed by atoms with E-state index in [1.54, 1.807) is 18.3 Å². The minimum atomic E-state index is -0.360. The number of carbonyl (C=O) groups excluding carboxylic acids is 1. The molecule has 2 rings (SSSR count). The number of ether oxygens (including phenoxy) is 1. The molecule has 0 saturated heterocycles. The molecule has 0 atom stereocenters. The smallest absolute Gasteiger partial charge is 0.343 e. The molecule has 1 aromatic heterocycles. The lowest BCUT2D eigenvalue weighted by atomic mass is 9.83. The van der Waals surface area contributed by atoms with Crippen LogP contribution in [0.2, 0.25) is 0 Å². The molecule has 0 spiro atoms. The van der Waals surface area contributed by atoms with Crippen molar-refractivity contribution in [2.75, 3.05) is 0 Å². The normalized spacial score (nSPS) is 11.2. The van der Waals surface area contributed by atoms with Crippen LogP contribution in [0.4, 0.5) is 0 Å². The molecule has 0 bridgehead atoms. The molecule has 2 aromatic rings. The number of benzene rings is 1. The fourth-order valence-electron chi connectivity index (χ4n) is 2.21. The lowest BCUT2D eigenvalue weighted by molar-refractivity contribution is 0.0734. The van der Waals surface area contributed by atoms with Crippen LogP contribution in [0.25, 0.3) is 0 Å². The van der Waals surface area contributed by atoms with E-state index >= 15 is 0 Å². The molecule has 0 amide bonds. The zero-order chi connectivity index (χ0) is 14.8. The summed E-state index contributed by atoms with van der Waals surface area (Å²) in [6.07, 6.45) is 3.16. The van der Waals surface area contributed by atoms with Crippen molar-refractivity contribution >= 4 is 5.97 Å². The topological polar surface area (TPSA) is 39.2 Å². The Kier molecular flexibility index (Phi) is 3.89. The predicted molar refractivity (Wildman–Crippen MR) is 79.1 cm³/mol. The molecular weight excluding hydrogens is 250 g/mol. The Morgan fingerprint density at radius 1 is 1.20 bits per heavy atom. The second-order valence-electron chi connectivity index (χ2n) is 5.86. The van der Waals surface area contributed by atoms with Crippen molar-refractivity contribution in [3.63, 3.8) is 0 Å². The van der Waals surface area contributed by atoms with Crippen LogP contribution in [0.5, 0.6) is 5.75 Å². The molecule has 0 unspecified atom stereocenters. The standard InChI is InChI=1S/C17H19NO2/c1-12-10-13(7-8-15(12)17(2,3)4)16(19)20-14-6-5-9-18-11-14/h5-11H,1-4H3. The average molecular weight is 269 g/mol. The summed E-state index contributed by atoms with van der Waals surface area (Å²) in [7, 11) is 0. The zero-order valence-corrected chi connectivity index (χ0v) is 12.3. The van der Waals surface area contributed by atoms with Crippen molar-refractivity contribution in [3.8, 4) is 5.75 Å². The second kappa shape index (κ2) is 5.45. The predicted octanol–water partition coefficient (Wildman–Crippen LogP) is 3.91. The van der Waals surface area contributed by atoms with Crippen LogP contribution >= 0.6 is 0 Å². The van der Waals surface area contributed by atoms with E-state index in [0.717, 1.165) is 5.56 Å². The third-order valence-corrected chi connectivity index (χ3v) is 3.12. The number of carbonyl (C=O) groups is 1. The fourth-order valence-corrected chi connectivity index (χ4v) is 2.21. The first kappa shape index (κ1) is 14.3. The van der Waals surface area contributed by atoms with E-state index in [1.165, 1.54) is 11.8 Å². The number of esters is 1. The summed E-state index contributed by atoms with van der Waals surface area (Å²) in [5, 5.41) is 0. The van der Waals surface area contributed by atoms with Crippen molar-refractivity contribution in [2.24, 2.45) is 0 Å². The van der Waals surface area contributed by atoms with E-state index in [9.17, 15) is 4.79 Å². The van der Waals surface area contributed by atoms with Gasteiger partial charge < -0.3 is 4.74 Å². The lowest BCUT2D eigenvalue weighted by Gasteiger charge is -2.21. The van der Waals surface area contributed by atoms with Gasteiger partial charge in [-0.05, 0) is 47.7 Å². The van der Waals surface area contributed by atoms with Gasteiger partial charge in [-0.15, -0.1) is 0 Å². The Morgan fingerprint density at radius 2 is 1.95 bits per heavy atom. The molecule has 3 nitrogen and oxygen atoms in total. The molecule has 0 N–H and O–H groups in total. The molecule has 0 aliphatic carbocycles. The van der Waals surface area contributed by atoms with Gasteiger partial charge in [-0.3, -0.25) is 4.98 Å². The van der Waals surface area contributed by atoms with E-state index < -0.39 is 0 Å². The van der Waals surface area contributed by atoms with Crippen molar-refractivity contribution < 1.29 is 9.53 Å². The first-order valence-corrected chi connectivity index (χ1v) is 6.61. The molecule has 0 aliphatic rings. The van der Waals surface area contributed by atoms with Crippen LogP contribution < -0.4 is 4.74 Å². The first-order chi connectivity index (χ1) is 9.38. The van der Waals surface area contributed by atoms with Crippen molar-refractivity contribution in [1.82, 2.24) is 4.98 Å². The van der Waals surface area contributed by atoms with Crippen molar-refractivity contribution in [2.45, 2.75) is 33.1 Å². The molecule has 0 aliphatic heterocycles. The van der Waals surface area contributed by atoms with E-state index in [0.29, 0.717) is 11.3 Å². The van der Waals surface area contributed by atoms with Crippen LogP contribution in [0, 0.1) is 6.92 Å². The van der Waals surface area contributed by atoms with Crippen molar-refractivity contribution in [1.29, 1.82) is 0 Å². The molecule has 0 saturated carbocycles. The maximum absolute atomic E-state index is 12.1. The SMILES string of the molecule is Cc1cc(C(=O)Oc2cccnc2)ccc1C(C)(C)C. The van der Waals surface area contributed by atoms with Crippen LogP contribution in [0.1, 0.15) is 42.3 Å². The molecule has 0 radical (unpaired) electrons. The van der Waals surface area contributed by atoms with Crippen molar-refractivity contribution in [3.05, 3.63) is 59.4 Å². The van der Waals surface area contributed by atoms with Gasteiger partial charge in [-0.1, -0.05) is 26.8 Å². The molecule has 20 heavy (non-hydrogen) atoms. The van der Waals surface area contributed by atoms with E-state index in [4.69, 9.17) is 4.74 Å². The van der Waals surface area contributed by atoms with Gasteiger partial charge in [0.15, 0.2) is 0 Å². The Labute approximate surface area is 119 Å². The lowest BCUT2D eigenvalue weighted by Crippen LogP contribution is -2.15. The number of pyridine rings is 1. The van der Waals surface area contributed by atoms with Crippen LogP contribution in [-0.4, -0.2) is 11.0 Å². The van der Waals surface area contributed by atoms with Crippen LogP contribution in [0.3, 0.4) is 0 Å². The number of aryl methyl sites for hydroxylation is 1. The summed E-state index contributed by atoms with van der Waals surface area (Å²) >= 11 is 0. The van der Waals surface area contributed by atoms with Gasteiger partial charge in [0.25, 0.3) is 0 Å². The van der Waals surface area contributed by atoms with E-state index in [-0.39, 0.29) is 11.4 Å². The third kappa shape index (κ3) is 3.23. The molecule has 1 aromatic carbocycles. The van der Waals surface area contributed by atoms with Gasteiger partial charge in [0.05, 0.1) is 11.8 Å². The maximum atomic E-state index is 12.1. The van der Waals surface area contributed by atoms with Crippen LogP contribution in [-0.2, 0) is 5.41 Å². The summed E-state index contributed by atoms with van der Waals surface area (Å²) in [6.45, 7) is 8.48. The highest BCUT2D eigenvalue weighted by Crippen LogP contribution is 2.26. The monoisotopic (exact) mass is 269 g/mol. The summed E-state index contributed by atoms with van der Waals surface area (Å²) in [5.41, 5.74) is 2.95. The fraction of sp³-hybridized carbons (Fsp3) is 0.294. The Bertz CT molecular complexity index is 613. The highest BCUT2D eigenvalue weighted by molar-refractivity contribution is 5.91. The number of rotatable bonds is 2. The quantitative estimate of drug-likeness (QED) is 0.776. The van der Waals surface area contributed by atoms with Gasteiger partial charge in [0.2, 0.25) is 0 Å². The summed E-state index contributed by atoms with van der Waals surface area (Å²) in [4.78, 5) is 16.0. The summed E-state index contributed by atoms with van der Waals surface area (Å²) in [6, 6.07) is 9.12. The first-order valence-electron chi connectivity index (χ1n) is 6.61.